The molecule has 1 aromatic heterocycles. The van der Waals surface area contributed by atoms with Crippen LogP contribution in [0.2, 0.25) is 0 Å². The lowest BCUT2D eigenvalue weighted by Gasteiger charge is -2.15. The van der Waals surface area contributed by atoms with Gasteiger partial charge in [0.25, 0.3) is 0 Å². The molecule has 1 heterocycles. The average Bonchev–Trinajstić information content (AvgIpc) is 3.00. The van der Waals surface area contributed by atoms with Crippen molar-refractivity contribution in [2.24, 2.45) is 0 Å². The molecule has 0 saturated carbocycles. The van der Waals surface area contributed by atoms with Gasteiger partial charge in [-0.05, 0) is 0 Å². The number of hydrogen-bond donors (Lipinski definition) is 1. The van der Waals surface area contributed by atoms with Crippen LogP contribution in [0.3, 0.4) is 0 Å². The molecule has 0 fully saturated rings. The second-order valence-electron chi connectivity index (χ2n) is 3.96. The fourth-order valence-electron chi connectivity index (χ4n) is 1.82. The summed E-state index contributed by atoms with van der Waals surface area (Å²) in [7, 11) is 4.82. The summed E-state index contributed by atoms with van der Waals surface area (Å²) in [5, 5.41) is 6.93. The fraction of sp³-hybridized carbons (Fsp3) is 0.385. The summed E-state index contributed by atoms with van der Waals surface area (Å²) in [5.74, 6) is 2.67. The predicted molar refractivity (Wildman–Crippen MR) is 70.9 cm³/mol. The number of benzene rings is 1. The lowest BCUT2D eigenvalue weighted by Crippen LogP contribution is -2.15. The van der Waals surface area contributed by atoms with Gasteiger partial charge in [0.05, 0.1) is 33.4 Å². The van der Waals surface area contributed by atoms with Crippen molar-refractivity contribution in [2.75, 3.05) is 21.3 Å². The molecule has 20 heavy (non-hydrogen) atoms. The molecule has 0 radical (unpaired) electrons. The normalized spacial score (nSPS) is 10.3. The summed E-state index contributed by atoms with van der Waals surface area (Å²) in [5.41, 5.74) is 0.902. The maximum atomic E-state index is 5.37. The number of hydrogen-bond acceptors (Lipinski definition) is 7. The van der Waals surface area contributed by atoms with E-state index >= 15 is 0 Å². The Morgan fingerprint density at radius 3 is 2.25 bits per heavy atom. The number of nitrogens with zero attached hydrogens (tertiary/aromatic N) is 2. The third-order valence-electron chi connectivity index (χ3n) is 2.81. The highest BCUT2D eigenvalue weighted by atomic mass is 16.5. The molecular formula is C13H17N3O4. The maximum Gasteiger partial charge on any atom is 0.213 e. The Morgan fingerprint density at radius 2 is 1.75 bits per heavy atom. The zero-order valence-electron chi connectivity index (χ0n) is 11.7. The van der Waals surface area contributed by atoms with E-state index in [9.17, 15) is 0 Å². The SMILES string of the molecule is COc1cc(OC)c(CNCc2ncon2)c(OC)c1. The van der Waals surface area contributed by atoms with E-state index in [1.807, 2.05) is 12.1 Å². The molecule has 0 amide bonds. The van der Waals surface area contributed by atoms with Crippen molar-refractivity contribution in [3.63, 3.8) is 0 Å². The van der Waals surface area contributed by atoms with E-state index < -0.39 is 0 Å². The summed E-state index contributed by atoms with van der Waals surface area (Å²) in [6, 6.07) is 3.63. The molecular weight excluding hydrogens is 262 g/mol. The van der Waals surface area contributed by atoms with Gasteiger partial charge in [-0.15, -0.1) is 0 Å². The summed E-state index contributed by atoms with van der Waals surface area (Å²) in [6.07, 6.45) is 1.30. The monoisotopic (exact) mass is 279 g/mol. The Labute approximate surface area is 116 Å². The van der Waals surface area contributed by atoms with Crippen molar-refractivity contribution in [1.29, 1.82) is 0 Å². The largest absolute Gasteiger partial charge is 0.496 e. The minimum absolute atomic E-state index is 0.495. The molecule has 2 aromatic rings. The van der Waals surface area contributed by atoms with Crippen molar-refractivity contribution in [1.82, 2.24) is 15.5 Å². The van der Waals surface area contributed by atoms with Gasteiger partial charge < -0.3 is 24.1 Å². The molecule has 7 heteroatoms. The zero-order valence-corrected chi connectivity index (χ0v) is 11.7. The second-order valence-corrected chi connectivity index (χ2v) is 3.96. The molecule has 1 aromatic carbocycles. The fourth-order valence-corrected chi connectivity index (χ4v) is 1.82. The first-order valence-electron chi connectivity index (χ1n) is 6.03. The summed E-state index contributed by atoms with van der Waals surface area (Å²) >= 11 is 0. The molecule has 2 rings (SSSR count). The van der Waals surface area contributed by atoms with Crippen LogP contribution in [0.5, 0.6) is 17.2 Å². The highest BCUT2D eigenvalue weighted by Crippen LogP contribution is 2.33. The Kier molecular flexibility index (Phi) is 4.78. The van der Waals surface area contributed by atoms with E-state index in [2.05, 4.69) is 20.0 Å². The van der Waals surface area contributed by atoms with Crippen molar-refractivity contribution in [3.8, 4) is 17.2 Å². The van der Waals surface area contributed by atoms with E-state index in [1.54, 1.807) is 21.3 Å². The van der Waals surface area contributed by atoms with Gasteiger partial charge in [0.1, 0.15) is 17.2 Å². The van der Waals surface area contributed by atoms with Crippen LogP contribution < -0.4 is 19.5 Å². The van der Waals surface area contributed by atoms with Crippen molar-refractivity contribution in [2.45, 2.75) is 13.1 Å². The van der Waals surface area contributed by atoms with Crippen LogP contribution in [0.15, 0.2) is 23.0 Å². The number of methoxy groups -OCH3 is 3. The molecule has 7 nitrogen and oxygen atoms in total. The first-order valence-corrected chi connectivity index (χ1v) is 6.03. The number of rotatable bonds is 7. The summed E-state index contributed by atoms with van der Waals surface area (Å²) < 4.78 is 20.6. The Morgan fingerprint density at radius 1 is 1.05 bits per heavy atom. The van der Waals surface area contributed by atoms with Gasteiger partial charge in [0.2, 0.25) is 6.39 Å². The predicted octanol–water partition coefficient (Wildman–Crippen LogP) is 1.39. The van der Waals surface area contributed by atoms with Crippen LogP contribution in [0.4, 0.5) is 0 Å². The topological polar surface area (TPSA) is 78.6 Å². The highest BCUT2D eigenvalue weighted by Gasteiger charge is 2.13. The van der Waals surface area contributed by atoms with E-state index in [4.69, 9.17) is 14.2 Å². The molecule has 0 atom stereocenters. The molecule has 0 unspecified atom stereocenters. The third-order valence-corrected chi connectivity index (χ3v) is 2.81. The Hall–Kier alpha value is -2.28. The van der Waals surface area contributed by atoms with Gasteiger partial charge in [0, 0.05) is 18.7 Å². The third kappa shape index (κ3) is 3.18. The quantitative estimate of drug-likeness (QED) is 0.820. The van der Waals surface area contributed by atoms with E-state index in [0.29, 0.717) is 36.2 Å². The number of ether oxygens (including phenoxy) is 3. The lowest BCUT2D eigenvalue weighted by molar-refractivity contribution is 0.366. The van der Waals surface area contributed by atoms with Crippen LogP contribution in [0.1, 0.15) is 11.4 Å². The van der Waals surface area contributed by atoms with Crippen LogP contribution in [0.25, 0.3) is 0 Å². The van der Waals surface area contributed by atoms with E-state index in [-0.39, 0.29) is 0 Å². The first-order chi connectivity index (χ1) is 9.78. The van der Waals surface area contributed by atoms with E-state index in [1.165, 1.54) is 6.39 Å². The number of nitrogens with one attached hydrogen (secondary N) is 1. The van der Waals surface area contributed by atoms with Gasteiger partial charge in [-0.2, -0.15) is 4.98 Å². The minimum Gasteiger partial charge on any atom is -0.496 e. The smallest absolute Gasteiger partial charge is 0.213 e. The molecule has 108 valence electrons. The highest BCUT2D eigenvalue weighted by molar-refractivity contribution is 5.50. The molecule has 0 bridgehead atoms. The molecule has 0 spiro atoms. The molecule has 0 aliphatic rings. The van der Waals surface area contributed by atoms with Gasteiger partial charge in [-0.3, -0.25) is 0 Å². The number of aromatic nitrogens is 2. The van der Waals surface area contributed by atoms with Gasteiger partial charge >= 0.3 is 0 Å². The lowest BCUT2D eigenvalue weighted by atomic mass is 10.1. The van der Waals surface area contributed by atoms with Gasteiger partial charge in [-0.25, -0.2) is 0 Å². The van der Waals surface area contributed by atoms with Crippen LogP contribution in [0, 0.1) is 0 Å². The minimum atomic E-state index is 0.495. The molecule has 1 N–H and O–H groups in total. The van der Waals surface area contributed by atoms with Crippen LogP contribution in [-0.4, -0.2) is 31.5 Å². The Bertz CT molecular complexity index is 518. The first kappa shape index (κ1) is 14.1. The van der Waals surface area contributed by atoms with Crippen LogP contribution >= 0.6 is 0 Å². The van der Waals surface area contributed by atoms with Gasteiger partial charge in [-0.1, -0.05) is 5.16 Å². The van der Waals surface area contributed by atoms with Crippen molar-refractivity contribution in [3.05, 3.63) is 29.9 Å². The van der Waals surface area contributed by atoms with Gasteiger partial charge in [0.15, 0.2) is 5.82 Å². The van der Waals surface area contributed by atoms with Crippen LogP contribution in [-0.2, 0) is 13.1 Å². The standard InChI is InChI=1S/C13H17N3O4/c1-17-9-4-11(18-2)10(12(5-9)19-3)6-14-7-13-15-8-20-16-13/h4-5,8,14H,6-7H2,1-3H3. The zero-order chi connectivity index (χ0) is 14.4. The Balaban J connectivity index is 2.12. The van der Waals surface area contributed by atoms with E-state index in [0.717, 1.165) is 5.56 Å². The van der Waals surface area contributed by atoms with Crippen molar-refractivity contribution < 1.29 is 18.7 Å². The summed E-state index contributed by atoms with van der Waals surface area (Å²) in [6.45, 7) is 1.04. The summed E-state index contributed by atoms with van der Waals surface area (Å²) in [4.78, 5) is 3.94. The molecule has 0 aliphatic heterocycles. The molecule has 0 saturated heterocycles. The average molecular weight is 279 g/mol. The second kappa shape index (κ2) is 6.76. The van der Waals surface area contributed by atoms with Crippen molar-refractivity contribution >= 4 is 0 Å². The maximum absolute atomic E-state index is 5.37. The molecule has 0 aliphatic carbocycles.